The van der Waals surface area contributed by atoms with Crippen LogP contribution in [0.5, 0.6) is 5.75 Å². The average Bonchev–Trinajstić information content (AvgIpc) is 2.28. The Balaban J connectivity index is 2.46. The molecular weight excluding hydrogens is 198 g/mol. The first-order valence-corrected chi connectivity index (χ1v) is 6.15. The van der Waals surface area contributed by atoms with Gasteiger partial charge in [-0.3, -0.25) is 0 Å². The van der Waals surface area contributed by atoms with E-state index in [1.54, 1.807) is 0 Å². The van der Waals surface area contributed by atoms with Crippen molar-refractivity contribution in [3.8, 4) is 5.75 Å². The van der Waals surface area contributed by atoms with Gasteiger partial charge in [-0.15, -0.1) is 0 Å². The predicted molar refractivity (Wildman–Crippen MR) is 69.2 cm³/mol. The van der Waals surface area contributed by atoms with Crippen molar-refractivity contribution in [2.45, 2.75) is 33.1 Å². The lowest BCUT2D eigenvalue weighted by molar-refractivity contribution is 0.338. The van der Waals surface area contributed by atoms with Crippen molar-refractivity contribution < 1.29 is 4.74 Å². The molecule has 0 aliphatic heterocycles. The number of unbranched alkanes of at least 4 members (excludes halogenated alkanes) is 1. The van der Waals surface area contributed by atoms with Crippen molar-refractivity contribution in [2.24, 2.45) is 0 Å². The van der Waals surface area contributed by atoms with E-state index < -0.39 is 0 Å². The Labute approximate surface area is 99.0 Å². The van der Waals surface area contributed by atoms with Crippen LogP contribution in [0.4, 0.5) is 0 Å². The first kappa shape index (κ1) is 13.0. The first-order chi connectivity index (χ1) is 7.77. The molecule has 0 spiro atoms. The van der Waals surface area contributed by atoms with E-state index in [4.69, 9.17) is 4.74 Å². The maximum atomic E-state index is 5.52. The van der Waals surface area contributed by atoms with E-state index in [9.17, 15) is 0 Å². The van der Waals surface area contributed by atoms with Gasteiger partial charge in [-0.25, -0.2) is 0 Å². The van der Waals surface area contributed by atoms with Crippen LogP contribution in [0.1, 0.15) is 30.9 Å². The van der Waals surface area contributed by atoms with E-state index in [1.165, 1.54) is 24.0 Å². The molecule has 1 aromatic rings. The molecular formula is C14H23NO. The highest BCUT2D eigenvalue weighted by Crippen LogP contribution is 2.20. The highest BCUT2D eigenvalue weighted by Gasteiger charge is 2.00. The lowest BCUT2D eigenvalue weighted by Crippen LogP contribution is -2.07. The lowest BCUT2D eigenvalue weighted by atomic mass is 10.1. The van der Waals surface area contributed by atoms with Crippen LogP contribution in [0.25, 0.3) is 0 Å². The Hall–Kier alpha value is -1.02. The van der Waals surface area contributed by atoms with E-state index in [2.05, 4.69) is 30.4 Å². The molecule has 0 radical (unpaired) electrons. The Bertz CT molecular complexity index is 310. The molecule has 2 heteroatoms. The lowest BCUT2D eigenvalue weighted by Gasteiger charge is -2.09. The molecule has 2 nitrogen and oxygen atoms in total. The SMILES string of the molecule is CCOc1ccc(CCCCNC)cc1C. The Kier molecular flexibility index (Phi) is 5.94. The molecule has 1 N–H and O–H groups in total. The monoisotopic (exact) mass is 221 g/mol. The van der Waals surface area contributed by atoms with Gasteiger partial charge in [0.05, 0.1) is 6.61 Å². The van der Waals surface area contributed by atoms with Crippen LogP contribution >= 0.6 is 0 Å². The topological polar surface area (TPSA) is 21.3 Å². The van der Waals surface area contributed by atoms with Gasteiger partial charge in [-0.2, -0.15) is 0 Å². The zero-order chi connectivity index (χ0) is 11.8. The number of benzene rings is 1. The maximum absolute atomic E-state index is 5.52. The molecule has 0 saturated heterocycles. The van der Waals surface area contributed by atoms with Crippen LogP contribution in [0, 0.1) is 6.92 Å². The number of hydrogen-bond acceptors (Lipinski definition) is 2. The van der Waals surface area contributed by atoms with Gasteiger partial charge < -0.3 is 10.1 Å². The second kappa shape index (κ2) is 7.29. The van der Waals surface area contributed by atoms with E-state index >= 15 is 0 Å². The number of hydrogen-bond donors (Lipinski definition) is 1. The number of nitrogens with one attached hydrogen (secondary N) is 1. The fourth-order valence-electron chi connectivity index (χ4n) is 1.82. The fourth-order valence-corrected chi connectivity index (χ4v) is 1.82. The van der Waals surface area contributed by atoms with Crippen molar-refractivity contribution in [3.05, 3.63) is 29.3 Å². The number of rotatable bonds is 7. The van der Waals surface area contributed by atoms with E-state index in [0.29, 0.717) is 0 Å². The molecule has 0 aliphatic carbocycles. The van der Waals surface area contributed by atoms with E-state index in [1.807, 2.05) is 14.0 Å². The highest BCUT2D eigenvalue weighted by molar-refractivity contribution is 5.36. The van der Waals surface area contributed by atoms with Crippen molar-refractivity contribution >= 4 is 0 Å². The molecule has 1 aromatic carbocycles. The zero-order valence-corrected chi connectivity index (χ0v) is 10.7. The quantitative estimate of drug-likeness (QED) is 0.715. The van der Waals surface area contributed by atoms with Gasteiger partial charge in [0.15, 0.2) is 0 Å². The zero-order valence-electron chi connectivity index (χ0n) is 10.7. The highest BCUT2D eigenvalue weighted by atomic mass is 16.5. The molecule has 0 amide bonds. The molecule has 0 heterocycles. The summed E-state index contributed by atoms with van der Waals surface area (Å²) >= 11 is 0. The number of ether oxygens (including phenoxy) is 1. The van der Waals surface area contributed by atoms with Gasteiger partial charge in [-0.1, -0.05) is 12.1 Å². The molecule has 90 valence electrons. The molecule has 0 fully saturated rings. The second-order valence-corrected chi connectivity index (χ2v) is 4.09. The molecule has 0 atom stereocenters. The van der Waals surface area contributed by atoms with Crippen LogP contribution in [0.3, 0.4) is 0 Å². The van der Waals surface area contributed by atoms with Crippen LogP contribution < -0.4 is 10.1 Å². The summed E-state index contributed by atoms with van der Waals surface area (Å²) in [6.07, 6.45) is 3.64. The summed E-state index contributed by atoms with van der Waals surface area (Å²) < 4.78 is 5.52. The summed E-state index contributed by atoms with van der Waals surface area (Å²) in [6.45, 7) is 5.98. The standard InChI is InChI=1S/C14H23NO/c1-4-16-14-9-8-13(11-12(14)2)7-5-6-10-15-3/h8-9,11,15H,4-7,10H2,1-3H3. The summed E-state index contributed by atoms with van der Waals surface area (Å²) in [6, 6.07) is 6.51. The van der Waals surface area contributed by atoms with Crippen molar-refractivity contribution in [1.29, 1.82) is 0 Å². The van der Waals surface area contributed by atoms with Crippen LogP contribution in [-0.4, -0.2) is 20.2 Å². The predicted octanol–water partition coefficient (Wildman–Crippen LogP) is 2.94. The van der Waals surface area contributed by atoms with Gasteiger partial charge in [0.1, 0.15) is 5.75 Å². The van der Waals surface area contributed by atoms with E-state index in [0.717, 1.165) is 25.3 Å². The Morgan fingerprint density at radius 3 is 2.69 bits per heavy atom. The van der Waals surface area contributed by atoms with Gasteiger partial charge in [0, 0.05) is 0 Å². The second-order valence-electron chi connectivity index (χ2n) is 4.09. The van der Waals surface area contributed by atoms with Crippen molar-refractivity contribution in [2.75, 3.05) is 20.2 Å². The molecule has 0 aliphatic rings. The minimum absolute atomic E-state index is 0.738. The largest absolute Gasteiger partial charge is 0.494 e. The summed E-state index contributed by atoms with van der Waals surface area (Å²) in [4.78, 5) is 0. The molecule has 0 unspecified atom stereocenters. The molecule has 0 bridgehead atoms. The van der Waals surface area contributed by atoms with Crippen molar-refractivity contribution in [3.63, 3.8) is 0 Å². The van der Waals surface area contributed by atoms with Gasteiger partial charge >= 0.3 is 0 Å². The third-order valence-corrected chi connectivity index (χ3v) is 2.68. The molecule has 0 aromatic heterocycles. The molecule has 0 saturated carbocycles. The van der Waals surface area contributed by atoms with Gasteiger partial charge in [0.2, 0.25) is 0 Å². The minimum Gasteiger partial charge on any atom is -0.494 e. The average molecular weight is 221 g/mol. The normalized spacial score (nSPS) is 10.4. The van der Waals surface area contributed by atoms with Gasteiger partial charge in [-0.05, 0) is 63.9 Å². The first-order valence-electron chi connectivity index (χ1n) is 6.15. The smallest absolute Gasteiger partial charge is 0.122 e. The minimum atomic E-state index is 0.738. The Morgan fingerprint density at radius 1 is 1.25 bits per heavy atom. The summed E-state index contributed by atoms with van der Waals surface area (Å²) in [5, 5.41) is 3.17. The Morgan fingerprint density at radius 2 is 2.06 bits per heavy atom. The van der Waals surface area contributed by atoms with Crippen LogP contribution in [-0.2, 0) is 6.42 Å². The van der Waals surface area contributed by atoms with Gasteiger partial charge in [0.25, 0.3) is 0 Å². The van der Waals surface area contributed by atoms with Crippen LogP contribution in [0.2, 0.25) is 0 Å². The molecule has 16 heavy (non-hydrogen) atoms. The molecule has 1 rings (SSSR count). The maximum Gasteiger partial charge on any atom is 0.122 e. The number of aryl methyl sites for hydroxylation is 2. The summed E-state index contributed by atoms with van der Waals surface area (Å²) in [7, 11) is 2.00. The third-order valence-electron chi connectivity index (χ3n) is 2.68. The summed E-state index contributed by atoms with van der Waals surface area (Å²) in [5.41, 5.74) is 2.66. The third kappa shape index (κ3) is 4.23. The fraction of sp³-hybridized carbons (Fsp3) is 0.571. The van der Waals surface area contributed by atoms with Crippen molar-refractivity contribution in [1.82, 2.24) is 5.32 Å². The van der Waals surface area contributed by atoms with E-state index in [-0.39, 0.29) is 0 Å². The van der Waals surface area contributed by atoms with Crippen LogP contribution in [0.15, 0.2) is 18.2 Å². The summed E-state index contributed by atoms with van der Waals surface area (Å²) in [5.74, 6) is 1.02.